The summed E-state index contributed by atoms with van der Waals surface area (Å²) in [5, 5.41) is 10.6. The normalized spacial score (nSPS) is 9.17. The highest BCUT2D eigenvalue weighted by atomic mass is 32.1. The Morgan fingerprint density at radius 1 is 1.58 bits per heavy atom. The van der Waals surface area contributed by atoms with E-state index >= 15 is 0 Å². The molecule has 0 saturated heterocycles. The molecule has 1 aromatic rings. The largest absolute Gasteiger partial charge is 0.396 e. The highest BCUT2D eigenvalue weighted by Gasteiger charge is 1.89. The molecule has 1 N–H and O–H groups in total. The minimum atomic E-state index is 0.233. The summed E-state index contributed by atoms with van der Waals surface area (Å²) in [6, 6.07) is 2.08. The van der Waals surface area contributed by atoms with Gasteiger partial charge in [0.05, 0.1) is 0 Å². The molecule has 12 heavy (non-hydrogen) atoms. The Morgan fingerprint density at radius 3 is 3.00 bits per heavy atom. The van der Waals surface area contributed by atoms with Gasteiger partial charge in [0.2, 0.25) is 0 Å². The summed E-state index contributed by atoms with van der Waals surface area (Å²) in [7, 11) is 0. The average Bonchev–Trinajstić information content (AvgIpc) is 2.45. The van der Waals surface area contributed by atoms with Gasteiger partial charge in [-0.25, -0.2) is 0 Å². The van der Waals surface area contributed by atoms with E-state index in [1.165, 1.54) is 4.88 Å². The van der Waals surface area contributed by atoms with Crippen LogP contribution in [-0.4, -0.2) is 11.7 Å². The first-order chi connectivity index (χ1) is 5.83. The van der Waals surface area contributed by atoms with Crippen LogP contribution in [-0.2, 0) is 0 Å². The number of hydrogen-bond acceptors (Lipinski definition) is 2. The third-order valence-corrected chi connectivity index (χ3v) is 2.28. The van der Waals surface area contributed by atoms with Crippen LogP contribution in [0.15, 0.2) is 11.4 Å². The summed E-state index contributed by atoms with van der Waals surface area (Å²) in [5.41, 5.74) is 1.09. The number of hydrogen-bond donors (Lipinski definition) is 1. The Bertz CT molecular complexity index is 290. The Kier molecular flexibility index (Phi) is 3.86. The second-order valence-electron chi connectivity index (χ2n) is 2.57. The van der Waals surface area contributed by atoms with Crippen molar-refractivity contribution in [2.45, 2.75) is 19.8 Å². The van der Waals surface area contributed by atoms with Crippen LogP contribution in [0.4, 0.5) is 0 Å². The first-order valence-electron chi connectivity index (χ1n) is 3.98. The van der Waals surface area contributed by atoms with E-state index in [2.05, 4.69) is 30.2 Å². The predicted octanol–water partition coefficient (Wildman–Crippen LogP) is 2.18. The quantitative estimate of drug-likeness (QED) is 0.546. The zero-order chi connectivity index (χ0) is 8.81. The van der Waals surface area contributed by atoms with Crippen LogP contribution in [0.3, 0.4) is 0 Å². The second kappa shape index (κ2) is 4.97. The molecule has 0 spiro atoms. The van der Waals surface area contributed by atoms with Crippen LogP contribution in [0.2, 0.25) is 0 Å². The maximum Gasteiger partial charge on any atom is 0.0440 e. The average molecular weight is 180 g/mol. The lowest BCUT2D eigenvalue weighted by Crippen LogP contribution is -1.78. The second-order valence-corrected chi connectivity index (χ2v) is 3.69. The van der Waals surface area contributed by atoms with Crippen molar-refractivity contribution < 1.29 is 5.11 Å². The van der Waals surface area contributed by atoms with Crippen LogP contribution in [0.5, 0.6) is 0 Å². The van der Waals surface area contributed by atoms with E-state index in [0.29, 0.717) is 0 Å². The molecule has 0 aromatic carbocycles. The molecule has 0 saturated carbocycles. The van der Waals surface area contributed by atoms with E-state index in [1.54, 1.807) is 11.3 Å². The van der Waals surface area contributed by atoms with Crippen molar-refractivity contribution in [2.75, 3.05) is 6.61 Å². The van der Waals surface area contributed by atoms with Crippen LogP contribution in [0, 0.1) is 18.8 Å². The van der Waals surface area contributed by atoms with Gasteiger partial charge in [0.15, 0.2) is 0 Å². The standard InChI is InChI=1S/C10H12OS/c1-9-7-10(8-12-9)5-3-2-4-6-11/h7-8,11H,2,4,6H2,1H3. The molecule has 0 amide bonds. The fourth-order valence-electron chi connectivity index (χ4n) is 0.841. The van der Waals surface area contributed by atoms with Gasteiger partial charge < -0.3 is 5.11 Å². The van der Waals surface area contributed by atoms with Gasteiger partial charge in [0, 0.05) is 28.8 Å². The summed E-state index contributed by atoms with van der Waals surface area (Å²) < 4.78 is 0. The van der Waals surface area contributed by atoms with Gasteiger partial charge in [-0.1, -0.05) is 11.8 Å². The smallest absolute Gasteiger partial charge is 0.0440 e. The van der Waals surface area contributed by atoms with Gasteiger partial charge in [-0.15, -0.1) is 11.3 Å². The van der Waals surface area contributed by atoms with Crippen LogP contribution in [0.25, 0.3) is 0 Å². The molecule has 0 fully saturated rings. The van der Waals surface area contributed by atoms with E-state index in [0.717, 1.165) is 18.4 Å². The molecular weight excluding hydrogens is 168 g/mol. The fourth-order valence-corrected chi connectivity index (χ4v) is 1.48. The number of unbranched alkanes of at least 4 members (excludes halogenated alkanes) is 1. The van der Waals surface area contributed by atoms with Crippen LogP contribution < -0.4 is 0 Å². The Balaban J connectivity index is 2.43. The predicted molar refractivity (Wildman–Crippen MR) is 52.3 cm³/mol. The number of thiophene rings is 1. The monoisotopic (exact) mass is 180 g/mol. The highest BCUT2D eigenvalue weighted by Crippen LogP contribution is 2.11. The van der Waals surface area contributed by atoms with Gasteiger partial charge in [0.25, 0.3) is 0 Å². The van der Waals surface area contributed by atoms with Crippen molar-refractivity contribution in [3.63, 3.8) is 0 Å². The lowest BCUT2D eigenvalue weighted by Gasteiger charge is -1.82. The minimum absolute atomic E-state index is 0.233. The van der Waals surface area contributed by atoms with E-state index in [4.69, 9.17) is 5.11 Å². The molecular formula is C10H12OS. The van der Waals surface area contributed by atoms with Crippen molar-refractivity contribution >= 4 is 11.3 Å². The molecule has 0 radical (unpaired) electrons. The minimum Gasteiger partial charge on any atom is -0.396 e. The number of aliphatic hydroxyl groups excluding tert-OH is 1. The van der Waals surface area contributed by atoms with Gasteiger partial charge in [-0.3, -0.25) is 0 Å². The van der Waals surface area contributed by atoms with E-state index < -0.39 is 0 Å². The number of aliphatic hydroxyl groups is 1. The summed E-state index contributed by atoms with van der Waals surface area (Å²) in [6.45, 7) is 2.31. The molecule has 0 unspecified atom stereocenters. The SMILES string of the molecule is Cc1cc(C#CCCCO)cs1. The summed E-state index contributed by atoms with van der Waals surface area (Å²) in [5.74, 6) is 6.06. The van der Waals surface area contributed by atoms with E-state index in [-0.39, 0.29) is 6.61 Å². The lowest BCUT2D eigenvalue weighted by molar-refractivity contribution is 0.290. The van der Waals surface area contributed by atoms with Crippen molar-refractivity contribution in [3.8, 4) is 11.8 Å². The molecule has 1 rings (SSSR count). The van der Waals surface area contributed by atoms with Gasteiger partial charge in [0.1, 0.15) is 0 Å². The van der Waals surface area contributed by atoms with E-state index in [1.807, 2.05) is 0 Å². The zero-order valence-electron chi connectivity index (χ0n) is 7.13. The Hall–Kier alpha value is -0.780. The third-order valence-electron chi connectivity index (χ3n) is 1.42. The van der Waals surface area contributed by atoms with Crippen LogP contribution in [0.1, 0.15) is 23.3 Å². The lowest BCUT2D eigenvalue weighted by atomic mass is 10.3. The molecule has 1 nitrogen and oxygen atoms in total. The van der Waals surface area contributed by atoms with Crippen molar-refractivity contribution in [3.05, 3.63) is 21.9 Å². The molecule has 64 valence electrons. The van der Waals surface area contributed by atoms with Gasteiger partial charge in [-0.05, 0) is 19.4 Å². The summed E-state index contributed by atoms with van der Waals surface area (Å²) >= 11 is 1.72. The molecule has 0 atom stereocenters. The molecule has 0 aliphatic carbocycles. The molecule has 0 aliphatic heterocycles. The van der Waals surface area contributed by atoms with Gasteiger partial charge >= 0.3 is 0 Å². The Labute approximate surface area is 77.1 Å². The first kappa shape index (κ1) is 9.31. The van der Waals surface area contributed by atoms with E-state index in [9.17, 15) is 0 Å². The highest BCUT2D eigenvalue weighted by molar-refractivity contribution is 7.10. The third kappa shape index (κ3) is 3.08. The maximum atomic E-state index is 8.50. The number of rotatable bonds is 2. The molecule has 1 aromatic heterocycles. The topological polar surface area (TPSA) is 20.2 Å². The van der Waals surface area contributed by atoms with Crippen LogP contribution >= 0.6 is 11.3 Å². The number of aryl methyl sites for hydroxylation is 1. The maximum absolute atomic E-state index is 8.50. The summed E-state index contributed by atoms with van der Waals surface area (Å²) in [6.07, 6.45) is 1.56. The zero-order valence-corrected chi connectivity index (χ0v) is 7.95. The Morgan fingerprint density at radius 2 is 2.42 bits per heavy atom. The van der Waals surface area contributed by atoms with Gasteiger partial charge in [-0.2, -0.15) is 0 Å². The fraction of sp³-hybridized carbons (Fsp3) is 0.400. The molecule has 2 heteroatoms. The van der Waals surface area contributed by atoms with Crippen molar-refractivity contribution in [2.24, 2.45) is 0 Å². The molecule has 0 aliphatic rings. The summed E-state index contributed by atoms with van der Waals surface area (Å²) in [4.78, 5) is 1.29. The molecule has 0 bridgehead atoms. The van der Waals surface area contributed by atoms with Crippen molar-refractivity contribution in [1.29, 1.82) is 0 Å². The first-order valence-corrected chi connectivity index (χ1v) is 4.86. The van der Waals surface area contributed by atoms with Crippen molar-refractivity contribution in [1.82, 2.24) is 0 Å². The molecule has 1 heterocycles.